The molecule has 0 unspecified atom stereocenters. The molecule has 2 nitrogen and oxygen atoms in total. The van der Waals surface area contributed by atoms with Gasteiger partial charge in [-0.15, -0.1) is 0 Å². The fraction of sp³-hybridized carbons (Fsp3) is 0.207. The number of anilines is 3. The Balaban J connectivity index is 1.28. The number of hydrogen-bond acceptors (Lipinski definition) is 1. The number of rotatable bonds is 5. The van der Waals surface area contributed by atoms with Gasteiger partial charge in [0.05, 0.1) is 22.4 Å². The van der Waals surface area contributed by atoms with Crippen molar-refractivity contribution in [3.05, 3.63) is 180 Å². The van der Waals surface area contributed by atoms with Crippen LogP contribution >= 0.6 is 0 Å². The second-order valence-corrected chi connectivity index (χ2v) is 19.9. The third-order valence-corrected chi connectivity index (χ3v) is 12.7. The van der Waals surface area contributed by atoms with Gasteiger partial charge in [-0.05, 0) is 114 Å². The molecule has 0 aliphatic rings. The molecule has 0 fully saturated rings. The number of para-hydroxylation sites is 2. The minimum Gasteiger partial charge on any atom is -0.310 e. The van der Waals surface area contributed by atoms with Crippen LogP contribution in [0, 0.1) is 0 Å². The Morgan fingerprint density at radius 2 is 0.900 bits per heavy atom. The molecule has 0 aliphatic carbocycles. The molecule has 1 aromatic heterocycles. The summed E-state index contributed by atoms with van der Waals surface area (Å²) in [4.78, 5) is 2.53. The second kappa shape index (κ2) is 13.6. The van der Waals surface area contributed by atoms with Gasteiger partial charge in [0.2, 0.25) is 0 Å². The molecule has 0 atom stereocenters. The molecule has 0 radical (unpaired) electrons. The van der Waals surface area contributed by atoms with Gasteiger partial charge in [-0.1, -0.05) is 178 Å². The van der Waals surface area contributed by atoms with Crippen LogP contribution in [0.4, 0.5) is 17.1 Å². The van der Waals surface area contributed by atoms with E-state index >= 15 is 0 Å². The summed E-state index contributed by atoms with van der Waals surface area (Å²) in [7, 11) is 0. The van der Waals surface area contributed by atoms with Gasteiger partial charge in [-0.2, -0.15) is 0 Å². The summed E-state index contributed by atoms with van der Waals surface area (Å²) in [5.74, 6) is 0. The maximum atomic E-state index is 2.53. The third kappa shape index (κ3) is 6.07. The molecular formula is C58H54N2. The quantitative estimate of drug-likeness (QED) is 0.158. The van der Waals surface area contributed by atoms with Crippen LogP contribution in [0.5, 0.6) is 0 Å². The predicted octanol–water partition coefficient (Wildman–Crippen LogP) is 16.7. The first-order chi connectivity index (χ1) is 28.7. The average molecular weight is 779 g/mol. The van der Waals surface area contributed by atoms with E-state index < -0.39 is 0 Å². The highest BCUT2D eigenvalue weighted by atomic mass is 15.1. The van der Waals surface area contributed by atoms with Crippen LogP contribution < -0.4 is 4.90 Å². The van der Waals surface area contributed by atoms with Crippen molar-refractivity contribution in [1.82, 2.24) is 4.57 Å². The van der Waals surface area contributed by atoms with Crippen LogP contribution in [0.15, 0.2) is 164 Å². The maximum Gasteiger partial charge on any atom is 0.0541 e. The third-order valence-electron chi connectivity index (χ3n) is 12.7. The molecule has 0 N–H and O–H groups in total. The largest absolute Gasteiger partial charge is 0.310 e. The summed E-state index contributed by atoms with van der Waals surface area (Å²) < 4.78 is 2.47. The van der Waals surface area contributed by atoms with E-state index in [4.69, 9.17) is 0 Å². The number of aromatic nitrogens is 1. The Morgan fingerprint density at radius 1 is 0.400 bits per heavy atom. The zero-order chi connectivity index (χ0) is 41.7. The predicted molar refractivity (Wildman–Crippen MR) is 261 cm³/mol. The lowest BCUT2D eigenvalue weighted by atomic mass is 9.74. The first kappa shape index (κ1) is 37.9. The first-order valence-electron chi connectivity index (χ1n) is 21.5. The highest BCUT2D eigenvalue weighted by molar-refractivity contribution is 6.27. The maximum absolute atomic E-state index is 2.53. The molecule has 0 aliphatic heterocycles. The zero-order valence-electron chi connectivity index (χ0n) is 36.5. The minimum absolute atomic E-state index is 0.0422. The number of hydrogen-bond donors (Lipinski definition) is 0. The van der Waals surface area contributed by atoms with E-state index in [1.165, 1.54) is 99.0 Å². The van der Waals surface area contributed by atoms with Crippen molar-refractivity contribution in [3.63, 3.8) is 0 Å². The highest BCUT2D eigenvalue weighted by Crippen LogP contribution is 2.49. The summed E-state index contributed by atoms with van der Waals surface area (Å²) in [6.45, 7) is 21.0. The topological polar surface area (TPSA) is 8.17 Å². The van der Waals surface area contributed by atoms with Crippen LogP contribution in [0.25, 0.3) is 70.9 Å². The second-order valence-electron chi connectivity index (χ2n) is 19.9. The smallest absolute Gasteiger partial charge is 0.0541 e. The molecule has 296 valence electrons. The monoisotopic (exact) mass is 778 g/mol. The lowest BCUT2D eigenvalue weighted by molar-refractivity contribution is 0.572. The molecular weight excluding hydrogens is 725 g/mol. The molecule has 1 heterocycles. The van der Waals surface area contributed by atoms with Crippen molar-refractivity contribution in [2.45, 2.75) is 78.6 Å². The van der Waals surface area contributed by atoms with E-state index in [0.29, 0.717) is 0 Å². The van der Waals surface area contributed by atoms with Gasteiger partial charge in [-0.3, -0.25) is 0 Å². The fourth-order valence-corrected chi connectivity index (χ4v) is 9.73. The van der Waals surface area contributed by atoms with Crippen LogP contribution in [-0.2, 0) is 16.2 Å². The Bertz CT molecular complexity index is 3140. The molecule has 2 heteroatoms. The molecule has 0 amide bonds. The van der Waals surface area contributed by atoms with Gasteiger partial charge in [0.1, 0.15) is 0 Å². The van der Waals surface area contributed by atoms with Gasteiger partial charge in [0.15, 0.2) is 0 Å². The van der Waals surface area contributed by atoms with Gasteiger partial charge in [0, 0.05) is 32.9 Å². The standard InChI is InChI=1S/C58H54N2/c1-56(2,3)40-27-29-41(30-28-40)59(42-35-47(57(4,5)6)55(37-17-11-10-12-18-37)48(36-42)58(7,8)9)51-33-25-38-24-32-46-52(34-26-39-23-31-45(51)53(38)54(39)46)60-49-21-15-13-19-43(49)44-20-14-16-22-50(44)60/h10-36H,1-9H3. The van der Waals surface area contributed by atoms with Gasteiger partial charge in [0.25, 0.3) is 0 Å². The van der Waals surface area contributed by atoms with E-state index in [-0.39, 0.29) is 16.2 Å². The molecule has 10 aromatic rings. The van der Waals surface area contributed by atoms with Gasteiger partial charge >= 0.3 is 0 Å². The van der Waals surface area contributed by atoms with Crippen LogP contribution in [0.3, 0.4) is 0 Å². The lowest BCUT2D eigenvalue weighted by Gasteiger charge is -2.35. The van der Waals surface area contributed by atoms with Crippen molar-refractivity contribution >= 4 is 71.2 Å². The van der Waals surface area contributed by atoms with Crippen LogP contribution in [0.2, 0.25) is 0 Å². The van der Waals surface area contributed by atoms with E-state index in [2.05, 4.69) is 236 Å². The Hall–Kier alpha value is -6.38. The molecule has 0 spiro atoms. The Kier molecular flexibility index (Phi) is 8.57. The average Bonchev–Trinajstić information content (AvgIpc) is 3.56. The zero-order valence-corrected chi connectivity index (χ0v) is 36.5. The van der Waals surface area contributed by atoms with E-state index in [1.54, 1.807) is 0 Å². The van der Waals surface area contributed by atoms with Crippen LogP contribution in [-0.4, -0.2) is 4.57 Å². The first-order valence-corrected chi connectivity index (χ1v) is 21.5. The summed E-state index contributed by atoms with van der Waals surface area (Å²) in [5, 5.41) is 10.2. The summed E-state index contributed by atoms with van der Waals surface area (Å²) in [6, 6.07) is 61.6. The minimum atomic E-state index is -0.116. The van der Waals surface area contributed by atoms with Crippen molar-refractivity contribution in [2.24, 2.45) is 0 Å². The van der Waals surface area contributed by atoms with Crippen LogP contribution in [0.1, 0.15) is 79.0 Å². The Labute approximate surface area is 355 Å². The van der Waals surface area contributed by atoms with Crippen molar-refractivity contribution in [1.29, 1.82) is 0 Å². The molecule has 10 rings (SSSR count). The van der Waals surface area contributed by atoms with Crippen molar-refractivity contribution in [3.8, 4) is 16.8 Å². The Morgan fingerprint density at radius 3 is 1.47 bits per heavy atom. The molecule has 0 saturated heterocycles. The number of fused-ring (bicyclic) bond motifs is 3. The normalized spacial score (nSPS) is 12.8. The SMILES string of the molecule is CC(C)(C)c1ccc(N(c2cc(C(C)(C)C)c(-c3ccccc3)c(C(C)(C)C)c2)c2ccc3ccc4c(-n5c6ccccc6c6ccccc65)ccc5ccc2c3c54)cc1. The molecule has 0 saturated carbocycles. The van der Waals surface area contributed by atoms with E-state index in [0.717, 1.165) is 5.69 Å². The fourth-order valence-electron chi connectivity index (χ4n) is 9.73. The molecule has 60 heavy (non-hydrogen) atoms. The summed E-state index contributed by atoms with van der Waals surface area (Å²) in [5.41, 5.74) is 13.6. The lowest BCUT2D eigenvalue weighted by Crippen LogP contribution is -2.21. The van der Waals surface area contributed by atoms with Crippen molar-refractivity contribution in [2.75, 3.05) is 4.90 Å². The summed E-state index contributed by atoms with van der Waals surface area (Å²) >= 11 is 0. The molecule has 9 aromatic carbocycles. The number of benzene rings is 9. The highest BCUT2D eigenvalue weighted by Gasteiger charge is 2.30. The van der Waals surface area contributed by atoms with E-state index in [1.807, 2.05) is 0 Å². The number of nitrogens with zero attached hydrogens (tertiary/aromatic N) is 2. The van der Waals surface area contributed by atoms with Gasteiger partial charge < -0.3 is 9.47 Å². The van der Waals surface area contributed by atoms with Gasteiger partial charge in [-0.25, -0.2) is 0 Å². The molecule has 0 bridgehead atoms. The summed E-state index contributed by atoms with van der Waals surface area (Å²) in [6.07, 6.45) is 0. The van der Waals surface area contributed by atoms with Crippen molar-refractivity contribution < 1.29 is 0 Å². The van der Waals surface area contributed by atoms with E-state index in [9.17, 15) is 0 Å².